The van der Waals surface area contributed by atoms with Gasteiger partial charge in [-0.3, -0.25) is 14.4 Å². The number of pyridine rings is 1. The summed E-state index contributed by atoms with van der Waals surface area (Å²) in [6.45, 7) is 3.95. The van der Waals surface area contributed by atoms with Gasteiger partial charge in [0.15, 0.2) is 0 Å². The van der Waals surface area contributed by atoms with Gasteiger partial charge in [-0.05, 0) is 25.0 Å². The number of carbonyl (C=O) groups excluding carboxylic acids is 1. The van der Waals surface area contributed by atoms with Crippen LogP contribution in [0.2, 0.25) is 0 Å². The second kappa shape index (κ2) is 8.73. The Bertz CT molecular complexity index is 775. The first-order chi connectivity index (χ1) is 13.7. The molecule has 1 saturated carbocycles. The quantitative estimate of drug-likeness (QED) is 0.861. The molecule has 150 valence electrons. The van der Waals surface area contributed by atoms with Gasteiger partial charge in [0, 0.05) is 51.5 Å². The maximum absolute atomic E-state index is 12.7. The molecule has 2 fully saturated rings. The fourth-order valence-electron chi connectivity index (χ4n) is 4.35. The molecule has 1 saturated heterocycles. The van der Waals surface area contributed by atoms with Crippen LogP contribution in [0.25, 0.3) is 0 Å². The van der Waals surface area contributed by atoms with E-state index < -0.39 is 0 Å². The smallest absolute Gasteiger partial charge is 0.238 e. The molecule has 3 heterocycles. The van der Waals surface area contributed by atoms with Gasteiger partial charge in [0.25, 0.3) is 0 Å². The summed E-state index contributed by atoms with van der Waals surface area (Å²) < 4.78 is 1.82. The lowest BCUT2D eigenvalue weighted by Crippen LogP contribution is -2.48. The van der Waals surface area contributed by atoms with Gasteiger partial charge in [0.05, 0.1) is 17.9 Å². The molecule has 1 aliphatic heterocycles. The van der Waals surface area contributed by atoms with E-state index in [1.165, 1.54) is 32.1 Å². The second-order valence-corrected chi connectivity index (χ2v) is 7.94. The minimum atomic E-state index is 0.0522. The second-order valence-electron chi connectivity index (χ2n) is 7.94. The monoisotopic (exact) mass is 382 g/mol. The Balaban J connectivity index is 1.31. The molecule has 0 atom stereocenters. The van der Waals surface area contributed by atoms with Gasteiger partial charge in [0.1, 0.15) is 5.82 Å². The van der Waals surface area contributed by atoms with Crippen LogP contribution in [0.5, 0.6) is 0 Å². The highest BCUT2D eigenvalue weighted by Gasteiger charge is 2.24. The Morgan fingerprint density at radius 3 is 2.64 bits per heavy atom. The van der Waals surface area contributed by atoms with Crippen molar-refractivity contribution < 1.29 is 4.79 Å². The first-order valence-corrected chi connectivity index (χ1v) is 10.4. The molecular formula is C21H30N6O. The van der Waals surface area contributed by atoms with Gasteiger partial charge in [-0.1, -0.05) is 25.3 Å². The van der Waals surface area contributed by atoms with E-state index in [1.807, 2.05) is 42.3 Å². The summed E-state index contributed by atoms with van der Waals surface area (Å²) in [6, 6.07) is 5.99. The van der Waals surface area contributed by atoms with E-state index in [4.69, 9.17) is 0 Å². The van der Waals surface area contributed by atoms with Crippen LogP contribution < -0.4 is 10.2 Å². The number of aryl methyl sites for hydroxylation is 1. The summed E-state index contributed by atoms with van der Waals surface area (Å²) in [6.07, 6.45) is 9.96. The number of rotatable bonds is 5. The molecule has 7 heteroatoms. The summed E-state index contributed by atoms with van der Waals surface area (Å²) in [5.41, 5.74) is 1.96. The maximum atomic E-state index is 12.7. The fourth-order valence-corrected chi connectivity index (χ4v) is 4.35. The number of piperazine rings is 1. The minimum Gasteiger partial charge on any atom is -0.354 e. The zero-order valence-electron chi connectivity index (χ0n) is 16.7. The van der Waals surface area contributed by atoms with Gasteiger partial charge >= 0.3 is 0 Å². The number of aromatic nitrogens is 3. The highest BCUT2D eigenvalue weighted by molar-refractivity contribution is 5.92. The summed E-state index contributed by atoms with van der Waals surface area (Å²) in [5.74, 6) is 1.54. The summed E-state index contributed by atoms with van der Waals surface area (Å²) in [5, 5.41) is 7.78. The Labute approximate surface area is 166 Å². The fraction of sp³-hybridized carbons (Fsp3) is 0.571. The van der Waals surface area contributed by atoms with Crippen molar-refractivity contribution in [2.45, 2.75) is 38.0 Å². The molecule has 0 spiro atoms. The van der Waals surface area contributed by atoms with Crippen molar-refractivity contribution in [1.29, 1.82) is 0 Å². The predicted octanol–water partition coefficient (Wildman–Crippen LogP) is 2.62. The van der Waals surface area contributed by atoms with Crippen molar-refractivity contribution in [2.24, 2.45) is 7.05 Å². The SMILES string of the molecule is Cn1cc(NC(=O)CN2CCN(c3ccccn3)CC2)c(C2CCCCC2)n1. The number of anilines is 2. The molecule has 2 aromatic rings. The average Bonchev–Trinajstić information content (AvgIpc) is 3.10. The van der Waals surface area contributed by atoms with Gasteiger partial charge in [-0.15, -0.1) is 0 Å². The van der Waals surface area contributed by atoms with Crippen LogP contribution in [0.15, 0.2) is 30.6 Å². The molecule has 28 heavy (non-hydrogen) atoms. The average molecular weight is 383 g/mol. The normalized spacial score (nSPS) is 19.0. The Morgan fingerprint density at radius 1 is 1.14 bits per heavy atom. The minimum absolute atomic E-state index is 0.0522. The van der Waals surface area contributed by atoms with Crippen LogP contribution in [-0.4, -0.2) is 58.3 Å². The van der Waals surface area contributed by atoms with Crippen LogP contribution in [0.1, 0.15) is 43.7 Å². The first kappa shape index (κ1) is 18.9. The van der Waals surface area contributed by atoms with E-state index in [0.29, 0.717) is 12.5 Å². The van der Waals surface area contributed by atoms with Crippen LogP contribution in [0.4, 0.5) is 11.5 Å². The standard InChI is InChI=1S/C21H30N6O/c1-25-15-18(21(24-25)17-7-3-2-4-8-17)23-20(28)16-26-11-13-27(14-12-26)19-9-5-6-10-22-19/h5-6,9-10,15,17H,2-4,7-8,11-14,16H2,1H3,(H,23,28). The van der Waals surface area contributed by atoms with Gasteiger partial charge < -0.3 is 10.2 Å². The topological polar surface area (TPSA) is 66.3 Å². The van der Waals surface area contributed by atoms with Gasteiger partial charge in [-0.25, -0.2) is 4.98 Å². The van der Waals surface area contributed by atoms with E-state index in [2.05, 4.69) is 25.2 Å². The van der Waals surface area contributed by atoms with E-state index in [0.717, 1.165) is 43.4 Å². The zero-order valence-corrected chi connectivity index (χ0v) is 16.7. The Kier molecular flexibility index (Phi) is 5.90. The van der Waals surface area contributed by atoms with Crippen molar-refractivity contribution in [3.63, 3.8) is 0 Å². The summed E-state index contributed by atoms with van der Waals surface area (Å²) in [7, 11) is 1.93. The van der Waals surface area contributed by atoms with E-state index >= 15 is 0 Å². The van der Waals surface area contributed by atoms with Gasteiger partial charge in [-0.2, -0.15) is 5.10 Å². The van der Waals surface area contributed by atoms with Crippen molar-refractivity contribution >= 4 is 17.4 Å². The van der Waals surface area contributed by atoms with E-state index in [-0.39, 0.29) is 5.91 Å². The highest BCUT2D eigenvalue weighted by Crippen LogP contribution is 2.35. The largest absolute Gasteiger partial charge is 0.354 e. The van der Waals surface area contributed by atoms with Crippen LogP contribution in [0.3, 0.4) is 0 Å². The van der Waals surface area contributed by atoms with Crippen molar-refractivity contribution in [3.8, 4) is 0 Å². The number of amides is 1. The highest BCUT2D eigenvalue weighted by atomic mass is 16.2. The first-order valence-electron chi connectivity index (χ1n) is 10.4. The molecule has 7 nitrogen and oxygen atoms in total. The molecule has 1 aliphatic carbocycles. The number of nitrogens with zero attached hydrogens (tertiary/aromatic N) is 5. The molecule has 0 unspecified atom stereocenters. The van der Waals surface area contributed by atoms with Crippen LogP contribution in [0, 0.1) is 0 Å². The molecule has 2 aromatic heterocycles. The molecule has 4 rings (SSSR count). The van der Waals surface area contributed by atoms with Gasteiger partial charge in [0.2, 0.25) is 5.91 Å². The lowest BCUT2D eigenvalue weighted by molar-refractivity contribution is -0.117. The number of hydrogen-bond donors (Lipinski definition) is 1. The van der Waals surface area contributed by atoms with E-state index in [1.54, 1.807) is 0 Å². The third kappa shape index (κ3) is 4.52. The van der Waals surface area contributed by atoms with Crippen LogP contribution in [-0.2, 0) is 11.8 Å². The molecule has 2 aliphatic rings. The summed E-state index contributed by atoms with van der Waals surface area (Å²) in [4.78, 5) is 21.6. The van der Waals surface area contributed by atoms with Crippen molar-refractivity contribution in [1.82, 2.24) is 19.7 Å². The zero-order chi connectivity index (χ0) is 19.3. The Hall–Kier alpha value is -2.41. The summed E-state index contributed by atoms with van der Waals surface area (Å²) >= 11 is 0. The lowest BCUT2D eigenvalue weighted by Gasteiger charge is -2.34. The molecular weight excluding hydrogens is 352 g/mol. The predicted molar refractivity (Wildman–Crippen MR) is 111 cm³/mol. The molecule has 1 amide bonds. The molecule has 0 bridgehead atoms. The Morgan fingerprint density at radius 2 is 1.93 bits per heavy atom. The third-order valence-electron chi connectivity index (χ3n) is 5.84. The maximum Gasteiger partial charge on any atom is 0.238 e. The van der Waals surface area contributed by atoms with Crippen molar-refractivity contribution in [2.75, 3.05) is 42.9 Å². The number of nitrogens with one attached hydrogen (secondary N) is 1. The number of carbonyl (C=O) groups is 1. The van der Waals surface area contributed by atoms with Crippen molar-refractivity contribution in [3.05, 3.63) is 36.3 Å². The molecule has 0 radical (unpaired) electrons. The lowest BCUT2D eigenvalue weighted by atomic mass is 9.86. The van der Waals surface area contributed by atoms with Crippen LogP contribution >= 0.6 is 0 Å². The number of hydrogen-bond acceptors (Lipinski definition) is 5. The van der Waals surface area contributed by atoms with E-state index in [9.17, 15) is 4.79 Å². The molecule has 0 aromatic carbocycles. The molecule has 1 N–H and O–H groups in total. The third-order valence-corrected chi connectivity index (χ3v) is 5.84.